The second-order valence-electron chi connectivity index (χ2n) is 6.64. The summed E-state index contributed by atoms with van der Waals surface area (Å²) in [5.41, 5.74) is 9.43. The van der Waals surface area contributed by atoms with Crippen molar-refractivity contribution in [2.45, 2.75) is 45.7 Å². The zero-order valence-corrected chi connectivity index (χ0v) is 14.9. The molecule has 1 aromatic heterocycles. The molecule has 1 atom stereocenters. The van der Waals surface area contributed by atoms with Crippen molar-refractivity contribution in [3.8, 4) is 0 Å². The van der Waals surface area contributed by atoms with Crippen LogP contribution < -0.4 is 11.4 Å². The summed E-state index contributed by atoms with van der Waals surface area (Å²) >= 11 is 0. The summed E-state index contributed by atoms with van der Waals surface area (Å²) in [4.78, 5) is 44.2. The van der Waals surface area contributed by atoms with E-state index in [1.807, 2.05) is 24.3 Å². The van der Waals surface area contributed by atoms with E-state index in [1.165, 1.54) is 0 Å². The van der Waals surface area contributed by atoms with Crippen LogP contribution in [0.15, 0.2) is 29.1 Å². The van der Waals surface area contributed by atoms with Crippen molar-refractivity contribution in [2.24, 2.45) is 5.73 Å². The fraction of sp³-hybridized carbons (Fsp3) is 0.368. The maximum absolute atomic E-state index is 12.8. The molecule has 0 saturated heterocycles. The van der Waals surface area contributed by atoms with Crippen molar-refractivity contribution in [1.29, 1.82) is 0 Å². The number of primary amides is 1. The van der Waals surface area contributed by atoms with Gasteiger partial charge in [0.15, 0.2) is 0 Å². The lowest BCUT2D eigenvalue weighted by molar-refractivity contribution is -0.140. The van der Waals surface area contributed by atoms with Crippen molar-refractivity contribution >= 4 is 11.8 Å². The Morgan fingerprint density at radius 3 is 2.62 bits per heavy atom. The van der Waals surface area contributed by atoms with Crippen LogP contribution in [0.3, 0.4) is 0 Å². The third-order valence-electron chi connectivity index (χ3n) is 4.94. The van der Waals surface area contributed by atoms with Crippen LogP contribution in [-0.4, -0.2) is 32.7 Å². The molecule has 2 heterocycles. The third-order valence-corrected chi connectivity index (χ3v) is 4.94. The number of aromatic nitrogens is 2. The minimum atomic E-state index is -0.631. The molecule has 1 aliphatic rings. The van der Waals surface area contributed by atoms with Crippen LogP contribution in [-0.2, 0) is 29.0 Å². The first-order valence-electron chi connectivity index (χ1n) is 8.58. The van der Waals surface area contributed by atoms with Crippen LogP contribution in [0, 0.1) is 13.8 Å². The maximum Gasteiger partial charge on any atom is 0.345 e. The summed E-state index contributed by atoms with van der Waals surface area (Å²) in [6.45, 7) is 3.93. The topological polar surface area (TPSA) is 109 Å². The lowest BCUT2D eigenvalue weighted by atomic mass is 9.93. The molecule has 3 N–H and O–H groups in total. The van der Waals surface area contributed by atoms with Gasteiger partial charge in [0.05, 0.1) is 0 Å². The predicted molar refractivity (Wildman–Crippen MR) is 96.3 cm³/mol. The number of hydrogen-bond acceptors (Lipinski definition) is 4. The highest BCUT2D eigenvalue weighted by molar-refractivity contribution is 5.87. The van der Waals surface area contributed by atoms with E-state index in [2.05, 4.69) is 9.97 Å². The van der Waals surface area contributed by atoms with Crippen molar-refractivity contribution in [3.05, 3.63) is 62.8 Å². The van der Waals surface area contributed by atoms with Gasteiger partial charge in [-0.3, -0.25) is 9.59 Å². The molecule has 1 aromatic carbocycles. The Morgan fingerprint density at radius 2 is 1.96 bits per heavy atom. The van der Waals surface area contributed by atoms with Gasteiger partial charge in [-0.1, -0.05) is 24.3 Å². The molecule has 2 aromatic rings. The average molecular weight is 354 g/mol. The molecular weight excluding hydrogens is 332 g/mol. The van der Waals surface area contributed by atoms with Crippen LogP contribution in [0.2, 0.25) is 0 Å². The molecule has 7 heteroatoms. The molecule has 2 amide bonds. The zero-order valence-electron chi connectivity index (χ0n) is 14.9. The molecule has 7 nitrogen and oxygen atoms in total. The van der Waals surface area contributed by atoms with Gasteiger partial charge in [-0.2, -0.15) is 4.98 Å². The molecule has 0 fully saturated rings. The Hall–Kier alpha value is -2.96. The van der Waals surface area contributed by atoms with Gasteiger partial charge in [0.25, 0.3) is 0 Å². The van der Waals surface area contributed by atoms with E-state index < -0.39 is 17.6 Å². The predicted octanol–water partition coefficient (Wildman–Crippen LogP) is 0.758. The first kappa shape index (κ1) is 17.8. The van der Waals surface area contributed by atoms with Crippen molar-refractivity contribution < 1.29 is 9.59 Å². The maximum atomic E-state index is 12.8. The highest BCUT2D eigenvalue weighted by Crippen LogP contribution is 2.24. The largest absolute Gasteiger partial charge is 0.368 e. The van der Waals surface area contributed by atoms with Crippen LogP contribution in [0.4, 0.5) is 0 Å². The van der Waals surface area contributed by atoms with Crippen LogP contribution in [0.25, 0.3) is 0 Å². The van der Waals surface area contributed by atoms with Gasteiger partial charge < -0.3 is 15.6 Å². The quantitative estimate of drug-likeness (QED) is 0.844. The molecule has 0 radical (unpaired) electrons. The molecule has 0 bridgehead atoms. The molecule has 0 spiro atoms. The summed E-state index contributed by atoms with van der Waals surface area (Å²) < 4.78 is 0. The van der Waals surface area contributed by atoms with Gasteiger partial charge in [0.1, 0.15) is 6.04 Å². The van der Waals surface area contributed by atoms with Crippen molar-refractivity contribution in [3.63, 3.8) is 0 Å². The number of benzene rings is 1. The number of amides is 2. The standard InChI is InChI=1S/C19H22N4O3/c1-11-15(12(2)22-19(26)21-11)7-8-17(24)23-10-14-6-4-3-5-13(14)9-16(23)18(20)25/h3-6,16H,7-10H2,1-2H3,(H2,20,25)(H,21,22,26)/t16-/m1/s1. The lowest BCUT2D eigenvalue weighted by Gasteiger charge is -2.35. The summed E-state index contributed by atoms with van der Waals surface area (Å²) in [7, 11) is 0. The molecule has 136 valence electrons. The van der Waals surface area contributed by atoms with Crippen molar-refractivity contribution in [2.75, 3.05) is 0 Å². The van der Waals surface area contributed by atoms with Gasteiger partial charge >= 0.3 is 5.69 Å². The number of carbonyl (C=O) groups is 2. The van der Waals surface area contributed by atoms with Crippen LogP contribution >= 0.6 is 0 Å². The van der Waals surface area contributed by atoms with Crippen LogP contribution in [0.1, 0.15) is 34.5 Å². The van der Waals surface area contributed by atoms with Gasteiger partial charge in [-0.25, -0.2) is 4.79 Å². The second-order valence-corrected chi connectivity index (χ2v) is 6.64. The lowest BCUT2D eigenvalue weighted by Crippen LogP contribution is -2.51. The zero-order chi connectivity index (χ0) is 18.8. The fourth-order valence-corrected chi connectivity index (χ4v) is 3.54. The number of nitrogens with one attached hydrogen (secondary N) is 1. The van der Waals surface area contributed by atoms with E-state index in [-0.39, 0.29) is 12.3 Å². The first-order valence-corrected chi connectivity index (χ1v) is 8.58. The van der Waals surface area contributed by atoms with E-state index in [1.54, 1.807) is 18.7 Å². The number of fused-ring (bicyclic) bond motifs is 1. The fourth-order valence-electron chi connectivity index (χ4n) is 3.54. The molecule has 0 unspecified atom stereocenters. The van der Waals surface area contributed by atoms with Gasteiger partial charge in [0, 0.05) is 30.8 Å². The Labute approximate surface area is 151 Å². The molecule has 1 aliphatic heterocycles. The van der Waals surface area contributed by atoms with Gasteiger partial charge in [-0.05, 0) is 37.0 Å². The summed E-state index contributed by atoms with van der Waals surface area (Å²) in [5.74, 6) is -0.626. The summed E-state index contributed by atoms with van der Waals surface area (Å²) in [6, 6.07) is 7.14. The minimum absolute atomic E-state index is 0.131. The SMILES string of the molecule is Cc1nc(=O)[nH]c(C)c1CCC(=O)N1Cc2ccccc2C[C@@H]1C(N)=O. The molecule has 26 heavy (non-hydrogen) atoms. The van der Waals surface area contributed by atoms with E-state index in [0.29, 0.717) is 30.8 Å². The van der Waals surface area contributed by atoms with E-state index in [9.17, 15) is 14.4 Å². The molecule has 3 rings (SSSR count). The highest BCUT2D eigenvalue weighted by Gasteiger charge is 2.33. The molecule has 0 saturated carbocycles. The second kappa shape index (κ2) is 7.11. The number of rotatable bonds is 4. The minimum Gasteiger partial charge on any atom is -0.368 e. The number of aromatic amines is 1. The Kier molecular flexibility index (Phi) is 4.88. The number of nitrogens with zero attached hydrogens (tertiary/aromatic N) is 2. The monoisotopic (exact) mass is 354 g/mol. The Morgan fingerprint density at radius 1 is 1.27 bits per heavy atom. The van der Waals surface area contributed by atoms with Crippen LogP contribution in [0.5, 0.6) is 0 Å². The summed E-state index contributed by atoms with van der Waals surface area (Å²) in [6.07, 6.45) is 1.11. The van der Waals surface area contributed by atoms with Gasteiger partial charge in [-0.15, -0.1) is 0 Å². The normalized spacial score (nSPS) is 16.2. The van der Waals surface area contributed by atoms with Crippen molar-refractivity contribution in [1.82, 2.24) is 14.9 Å². The van der Waals surface area contributed by atoms with Gasteiger partial charge in [0.2, 0.25) is 11.8 Å². The number of carbonyl (C=O) groups excluding carboxylic acids is 2. The molecular formula is C19H22N4O3. The average Bonchev–Trinajstić information content (AvgIpc) is 2.59. The first-order chi connectivity index (χ1) is 12.4. The summed E-state index contributed by atoms with van der Waals surface area (Å²) in [5, 5.41) is 0. The number of hydrogen-bond donors (Lipinski definition) is 2. The molecule has 0 aliphatic carbocycles. The third kappa shape index (κ3) is 3.51. The Balaban J connectivity index is 1.78. The Bertz CT molecular complexity index is 893. The van der Waals surface area contributed by atoms with E-state index in [4.69, 9.17) is 5.73 Å². The number of H-pyrrole nitrogens is 1. The number of nitrogens with two attached hydrogens (primary N) is 1. The van der Waals surface area contributed by atoms with E-state index >= 15 is 0 Å². The number of aryl methyl sites for hydroxylation is 2. The smallest absolute Gasteiger partial charge is 0.345 e. The highest BCUT2D eigenvalue weighted by atomic mass is 16.2. The van der Waals surface area contributed by atoms with E-state index in [0.717, 1.165) is 16.7 Å².